The van der Waals surface area contributed by atoms with Gasteiger partial charge in [0.05, 0.1) is 5.75 Å². The summed E-state index contributed by atoms with van der Waals surface area (Å²) in [4.78, 5) is 0. The quantitative estimate of drug-likeness (QED) is 0.880. The summed E-state index contributed by atoms with van der Waals surface area (Å²) in [6.07, 6.45) is 1.66. The van der Waals surface area contributed by atoms with E-state index in [2.05, 4.69) is 11.4 Å². The van der Waals surface area contributed by atoms with Crippen molar-refractivity contribution in [3.8, 4) is 6.07 Å². The largest absolute Gasteiger partial charge is 0.340 e. The van der Waals surface area contributed by atoms with Gasteiger partial charge in [-0.1, -0.05) is 0 Å². The number of piperidine rings is 1. The minimum atomic E-state index is -3.06. The normalized spacial score (nSPS) is 17.5. The van der Waals surface area contributed by atoms with Gasteiger partial charge in [0, 0.05) is 38.4 Å². The van der Waals surface area contributed by atoms with E-state index in [-0.39, 0.29) is 5.75 Å². The molecule has 0 saturated carbocycles. The van der Waals surface area contributed by atoms with Gasteiger partial charge in [0.25, 0.3) is 0 Å². The van der Waals surface area contributed by atoms with Crippen molar-refractivity contribution in [1.29, 1.82) is 5.26 Å². The van der Waals surface area contributed by atoms with E-state index in [9.17, 15) is 8.42 Å². The Labute approximate surface area is 132 Å². The number of nitriles is 1. The lowest BCUT2D eigenvalue weighted by Crippen LogP contribution is -2.45. The zero-order valence-corrected chi connectivity index (χ0v) is 14.3. The van der Waals surface area contributed by atoms with E-state index >= 15 is 0 Å². The van der Waals surface area contributed by atoms with E-state index in [0.29, 0.717) is 31.4 Å². The van der Waals surface area contributed by atoms with Crippen LogP contribution in [0.5, 0.6) is 0 Å². The van der Waals surface area contributed by atoms with Crippen molar-refractivity contribution in [3.05, 3.63) is 23.0 Å². The lowest BCUT2D eigenvalue weighted by molar-refractivity contribution is 0.289. The molecule has 0 bridgehead atoms. The molecule has 7 heteroatoms. The summed E-state index contributed by atoms with van der Waals surface area (Å²) in [7, 11) is -1.16. The minimum Gasteiger partial charge on any atom is -0.340 e. The molecule has 0 aromatic carbocycles. The summed E-state index contributed by atoms with van der Waals surface area (Å²) in [6.45, 7) is 5.58. The van der Waals surface area contributed by atoms with E-state index in [1.54, 1.807) is 11.2 Å². The molecule has 0 radical (unpaired) electrons. The number of nitrogens with zero attached hydrogens (tertiary/aromatic N) is 3. The number of hydrogen-bond donors (Lipinski definition) is 1. The SMILES string of the molecule is CCS(=O)(=O)N1CCC(NCc2cc(C#N)n(C)c2C)CC1. The van der Waals surface area contributed by atoms with Crippen molar-refractivity contribution in [3.63, 3.8) is 0 Å². The Morgan fingerprint density at radius 1 is 1.41 bits per heavy atom. The lowest BCUT2D eigenvalue weighted by atomic mass is 10.1. The number of rotatable bonds is 5. The van der Waals surface area contributed by atoms with Crippen LogP contribution in [0.15, 0.2) is 6.07 Å². The Hall–Kier alpha value is -1.36. The number of sulfonamides is 1. The van der Waals surface area contributed by atoms with Gasteiger partial charge in [-0.3, -0.25) is 0 Å². The molecular weight excluding hydrogens is 300 g/mol. The molecular formula is C15H24N4O2S. The number of nitrogens with one attached hydrogen (secondary N) is 1. The smallest absolute Gasteiger partial charge is 0.213 e. The molecule has 2 heterocycles. The van der Waals surface area contributed by atoms with Crippen LogP contribution >= 0.6 is 0 Å². The molecule has 1 aliphatic heterocycles. The van der Waals surface area contributed by atoms with Gasteiger partial charge in [0.1, 0.15) is 11.8 Å². The van der Waals surface area contributed by atoms with Crippen molar-refractivity contribution < 1.29 is 8.42 Å². The zero-order chi connectivity index (χ0) is 16.3. The van der Waals surface area contributed by atoms with Crippen LogP contribution in [-0.2, 0) is 23.6 Å². The van der Waals surface area contributed by atoms with Crippen molar-refractivity contribution in [2.24, 2.45) is 7.05 Å². The topological polar surface area (TPSA) is 78.1 Å². The second kappa shape index (κ2) is 6.82. The van der Waals surface area contributed by atoms with Gasteiger partial charge in [-0.25, -0.2) is 12.7 Å². The highest BCUT2D eigenvalue weighted by Gasteiger charge is 2.26. The van der Waals surface area contributed by atoms with Gasteiger partial charge in [-0.2, -0.15) is 5.26 Å². The molecule has 22 heavy (non-hydrogen) atoms. The van der Waals surface area contributed by atoms with Crippen LogP contribution < -0.4 is 5.32 Å². The fraction of sp³-hybridized carbons (Fsp3) is 0.667. The predicted octanol–water partition coefficient (Wildman–Crippen LogP) is 1.11. The minimum absolute atomic E-state index is 0.172. The van der Waals surface area contributed by atoms with E-state index in [0.717, 1.165) is 24.1 Å². The molecule has 6 nitrogen and oxygen atoms in total. The fourth-order valence-corrected chi connectivity index (χ4v) is 3.96. The molecule has 2 rings (SSSR count). The Morgan fingerprint density at radius 3 is 2.55 bits per heavy atom. The maximum absolute atomic E-state index is 11.8. The van der Waals surface area contributed by atoms with Crippen molar-refractivity contribution in [2.45, 2.75) is 39.3 Å². The number of aromatic nitrogens is 1. The van der Waals surface area contributed by atoms with E-state index < -0.39 is 10.0 Å². The van der Waals surface area contributed by atoms with E-state index in [1.165, 1.54) is 0 Å². The van der Waals surface area contributed by atoms with Crippen LogP contribution in [0.1, 0.15) is 36.7 Å². The summed E-state index contributed by atoms with van der Waals surface area (Å²) in [5.41, 5.74) is 2.89. The highest BCUT2D eigenvalue weighted by molar-refractivity contribution is 7.89. The molecule has 0 unspecified atom stereocenters. The van der Waals surface area contributed by atoms with E-state index in [4.69, 9.17) is 5.26 Å². The molecule has 1 fully saturated rings. The Balaban J connectivity index is 1.89. The van der Waals surface area contributed by atoms with Gasteiger partial charge < -0.3 is 9.88 Å². The maximum atomic E-state index is 11.8. The molecule has 0 aliphatic carbocycles. The van der Waals surface area contributed by atoms with Crippen LogP contribution in [-0.4, -0.2) is 42.2 Å². The number of hydrogen-bond acceptors (Lipinski definition) is 4. The van der Waals surface area contributed by atoms with Crippen LogP contribution in [0.2, 0.25) is 0 Å². The highest BCUT2D eigenvalue weighted by atomic mass is 32.2. The zero-order valence-electron chi connectivity index (χ0n) is 13.5. The molecule has 0 amide bonds. The molecule has 1 aromatic heterocycles. The highest BCUT2D eigenvalue weighted by Crippen LogP contribution is 2.17. The average Bonchev–Trinajstić information content (AvgIpc) is 2.81. The van der Waals surface area contributed by atoms with Gasteiger partial charge in [0.2, 0.25) is 10.0 Å². The third kappa shape index (κ3) is 3.51. The molecule has 122 valence electrons. The summed E-state index contributed by atoms with van der Waals surface area (Å²) in [5.74, 6) is 0.172. The van der Waals surface area contributed by atoms with Gasteiger partial charge in [-0.05, 0) is 38.3 Å². The lowest BCUT2D eigenvalue weighted by Gasteiger charge is -2.31. The third-order valence-electron chi connectivity index (χ3n) is 4.55. The summed E-state index contributed by atoms with van der Waals surface area (Å²) >= 11 is 0. The predicted molar refractivity (Wildman–Crippen MR) is 85.8 cm³/mol. The molecule has 0 atom stereocenters. The molecule has 1 saturated heterocycles. The Bertz CT molecular complexity index is 664. The van der Waals surface area contributed by atoms with Gasteiger partial charge in [-0.15, -0.1) is 0 Å². The van der Waals surface area contributed by atoms with Crippen LogP contribution in [0.4, 0.5) is 0 Å². The Kier molecular flexibility index (Phi) is 5.27. The van der Waals surface area contributed by atoms with Crippen LogP contribution in [0, 0.1) is 18.3 Å². The van der Waals surface area contributed by atoms with Gasteiger partial charge >= 0.3 is 0 Å². The molecule has 1 aliphatic rings. The van der Waals surface area contributed by atoms with E-state index in [1.807, 2.05) is 24.6 Å². The average molecular weight is 324 g/mol. The Morgan fingerprint density at radius 2 is 2.05 bits per heavy atom. The molecule has 1 aromatic rings. The first-order valence-corrected chi connectivity index (χ1v) is 9.26. The maximum Gasteiger partial charge on any atom is 0.213 e. The summed E-state index contributed by atoms with van der Waals surface area (Å²) < 4.78 is 27.1. The second-order valence-corrected chi connectivity index (χ2v) is 8.02. The van der Waals surface area contributed by atoms with Crippen molar-refractivity contribution >= 4 is 10.0 Å². The summed E-state index contributed by atoms with van der Waals surface area (Å²) in [5, 5.41) is 12.5. The molecule has 1 N–H and O–H groups in total. The van der Waals surface area contributed by atoms with Crippen LogP contribution in [0.3, 0.4) is 0 Å². The van der Waals surface area contributed by atoms with Gasteiger partial charge in [0.15, 0.2) is 0 Å². The van der Waals surface area contributed by atoms with Crippen molar-refractivity contribution in [2.75, 3.05) is 18.8 Å². The fourth-order valence-electron chi connectivity index (χ4n) is 2.82. The van der Waals surface area contributed by atoms with Crippen LogP contribution in [0.25, 0.3) is 0 Å². The monoisotopic (exact) mass is 324 g/mol. The first-order chi connectivity index (χ1) is 10.4. The summed E-state index contributed by atoms with van der Waals surface area (Å²) in [6, 6.07) is 4.43. The standard InChI is InChI=1S/C15H24N4O2S/c1-4-22(20,21)19-7-5-14(6-8-19)17-11-13-9-15(10-16)18(3)12(13)2/h9,14,17H,4-8,11H2,1-3H3. The third-order valence-corrected chi connectivity index (χ3v) is 6.43. The first kappa shape index (κ1) is 17.0. The van der Waals surface area contributed by atoms with Crippen molar-refractivity contribution in [1.82, 2.24) is 14.2 Å². The second-order valence-electron chi connectivity index (χ2n) is 5.77. The first-order valence-electron chi connectivity index (χ1n) is 7.65. The molecule has 0 spiro atoms.